The van der Waals surface area contributed by atoms with Crippen molar-refractivity contribution in [3.63, 3.8) is 0 Å². The topological polar surface area (TPSA) is 45.7 Å². The van der Waals surface area contributed by atoms with E-state index in [4.69, 9.17) is 23.2 Å². The summed E-state index contributed by atoms with van der Waals surface area (Å²) >= 11 is 12.2. The van der Waals surface area contributed by atoms with Gasteiger partial charge in [0.2, 0.25) is 0 Å². The molecular formula is C17H19Cl2N2O+. The molecule has 0 spiro atoms. The molecule has 22 heavy (non-hydrogen) atoms. The first-order valence-electron chi connectivity index (χ1n) is 7.11. The highest BCUT2D eigenvalue weighted by Gasteiger charge is 2.14. The van der Waals surface area contributed by atoms with E-state index in [0.29, 0.717) is 17.3 Å². The molecule has 5 heteroatoms. The number of benzene rings is 2. The van der Waals surface area contributed by atoms with E-state index >= 15 is 0 Å². The van der Waals surface area contributed by atoms with E-state index < -0.39 is 0 Å². The number of quaternary nitrogens is 1. The van der Waals surface area contributed by atoms with Gasteiger partial charge < -0.3 is 10.6 Å². The molecule has 0 radical (unpaired) electrons. The zero-order chi connectivity index (χ0) is 16.1. The van der Waals surface area contributed by atoms with Crippen LogP contribution in [0.25, 0.3) is 0 Å². The zero-order valence-electron chi connectivity index (χ0n) is 12.6. The number of hydrogen-bond donors (Lipinski definition) is 2. The quantitative estimate of drug-likeness (QED) is 0.860. The third kappa shape index (κ3) is 4.47. The highest BCUT2D eigenvalue weighted by Crippen LogP contribution is 2.20. The first kappa shape index (κ1) is 16.8. The number of nitrogens with one attached hydrogen (secondary N) is 1. The highest BCUT2D eigenvalue weighted by atomic mass is 35.5. The van der Waals surface area contributed by atoms with Crippen molar-refractivity contribution in [2.24, 2.45) is 0 Å². The Balaban J connectivity index is 1.90. The van der Waals surface area contributed by atoms with E-state index in [1.165, 1.54) is 0 Å². The number of anilines is 1. The summed E-state index contributed by atoms with van der Waals surface area (Å²) in [6.07, 6.45) is 0. The Morgan fingerprint density at radius 1 is 1.18 bits per heavy atom. The first-order chi connectivity index (χ1) is 10.5. The summed E-state index contributed by atoms with van der Waals surface area (Å²) in [6, 6.07) is 13.3. The summed E-state index contributed by atoms with van der Waals surface area (Å²) in [5, 5.41) is 6.16. The van der Waals surface area contributed by atoms with Crippen LogP contribution in [0.5, 0.6) is 0 Å². The lowest BCUT2D eigenvalue weighted by Crippen LogP contribution is -2.86. The van der Waals surface area contributed by atoms with Crippen molar-refractivity contribution in [3.8, 4) is 0 Å². The van der Waals surface area contributed by atoms with Crippen LogP contribution in [0, 0.1) is 6.92 Å². The normalized spacial score (nSPS) is 12.0. The number of carbonyl (C=O) groups is 1. The van der Waals surface area contributed by atoms with E-state index in [2.05, 4.69) is 5.32 Å². The van der Waals surface area contributed by atoms with E-state index in [1.807, 2.05) is 55.6 Å². The van der Waals surface area contributed by atoms with Gasteiger partial charge in [-0.2, -0.15) is 0 Å². The molecule has 2 aromatic rings. The number of rotatable bonds is 5. The fraction of sp³-hybridized carbons (Fsp3) is 0.235. The molecule has 0 saturated carbocycles. The molecule has 0 aliphatic heterocycles. The number of aryl methyl sites for hydroxylation is 1. The molecule has 0 unspecified atom stereocenters. The largest absolute Gasteiger partial charge is 0.332 e. The highest BCUT2D eigenvalue weighted by molar-refractivity contribution is 6.31. The Morgan fingerprint density at radius 2 is 1.91 bits per heavy atom. The van der Waals surface area contributed by atoms with Crippen LogP contribution in [0.4, 0.5) is 5.69 Å². The number of nitrogens with two attached hydrogens (primary N) is 1. The minimum atomic E-state index is -0.0705. The second-order valence-electron chi connectivity index (χ2n) is 5.26. The number of halogens is 2. The van der Waals surface area contributed by atoms with Gasteiger partial charge in [0.05, 0.1) is 0 Å². The summed E-state index contributed by atoms with van der Waals surface area (Å²) < 4.78 is 0. The van der Waals surface area contributed by atoms with Gasteiger partial charge >= 0.3 is 0 Å². The van der Waals surface area contributed by atoms with Crippen molar-refractivity contribution in [1.29, 1.82) is 0 Å². The lowest BCUT2D eigenvalue weighted by molar-refractivity contribution is -0.682. The fourth-order valence-electron chi connectivity index (χ4n) is 2.14. The second kappa shape index (κ2) is 7.63. The van der Waals surface area contributed by atoms with Gasteiger partial charge in [0.25, 0.3) is 5.91 Å². The molecule has 1 atom stereocenters. The minimum Gasteiger partial charge on any atom is -0.332 e. The van der Waals surface area contributed by atoms with Gasteiger partial charge in [0.15, 0.2) is 6.54 Å². The maximum Gasteiger partial charge on any atom is 0.279 e. The SMILES string of the molecule is Cc1ccc(NC(=O)C[NH2+][C@H](C)c2ccccc2Cl)cc1Cl. The van der Waals surface area contributed by atoms with E-state index in [1.54, 1.807) is 6.07 Å². The maximum atomic E-state index is 12.0. The smallest absolute Gasteiger partial charge is 0.279 e. The predicted molar refractivity (Wildman–Crippen MR) is 91.5 cm³/mol. The molecule has 0 aliphatic carbocycles. The molecular weight excluding hydrogens is 319 g/mol. The average Bonchev–Trinajstić information content (AvgIpc) is 2.49. The molecule has 1 amide bonds. The summed E-state index contributed by atoms with van der Waals surface area (Å²) in [5.41, 5.74) is 2.72. The molecule has 0 heterocycles. The Kier molecular flexibility index (Phi) is 5.83. The third-order valence-electron chi connectivity index (χ3n) is 3.51. The third-order valence-corrected chi connectivity index (χ3v) is 4.26. The Hall–Kier alpha value is -1.55. The molecule has 0 bridgehead atoms. The van der Waals surface area contributed by atoms with Crippen molar-refractivity contribution in [2.45, 2.75) is 19.9 Å². The van der Waals surface area contributed by atoms with Crippen LogP contribution in [0.3, 0.4) is 0 Å². The molecule has 0 aliphatic rings. The summed E-state index contributed by atoms with van der Waals surface area (Å²) in [5.74, 6) is -0.0705. The molecule has 3 nitrogen and oxygen atoms in total. The standard InChI is InChI=1S/C17H18Cl2N2O/c1-11-7-8-13(9-16(11)19)21-17(22)10-20-12(2)14-5-3-4-6-15(14)18/h3-9,12,20H,10H2,1-2H3,(H,21,22)/p+1/t12-/m1/s1. The maximum absolute atomic E-state index is 12.0. The van der Waals surface area contributed by atoms with Gasteiger partial charge in [0.1, 0.15) is 6.04 Å². The van der Waals surface area contributed by atoms with Crippen LogP contribution in [-0.4, -0.2) is 12.5 Å². The predicted octanol–water partition coefficient (Wildman–Crippen LogP) is 3.56. The van der Waals surface area contributed by atoms with Crippen LogP contribution in [0.2, 0.25) is 10.0 Å². The molecule has 0 aromatic heterocycles. The van der Waals surface area contributed by atoms with Gasteiger partial charge in [0, 0.05) is 21.3 Å². The van der Waals surface area contributed by atoms with Gasteiger partial charge in [-0.25, -0.2) is 0 Å². The van der Waals surface area contributed by atoms with E-state index in [0.717, 1.165) is 16.1 Å². The molecule has 2 rings (SSSR count). The lowest BCUT2D eigenvalue weighted by Gasteiger charge is -2.12. The first-order valence-corrected chi connectivity index (χ1v) is 7.86. The number of amides is 1. The van der Waals surface area contributed by atoms with Gasteiger partial charge in [-0.05, 0) is 37.6 Å². The fourth-order valence-corrected chi connectivity index (χ4v) is 2.63. The summed E-state index contributed by atoms with van der Waals surface area (Å²) in [4.78, 5) is 12.0. The van der Waals surface area contributed by atoms with Crippen molar-refractivity contribution in [2.75, 3.05) is 11.9 Å². The molecule has 2 aromatic carbocycles. The van der Waals surface area contributed by atoms with Crippen molar-refractivity contribution >= 4 is 34.8 Å². The van der Waals surface area contributed by atoms with Crippen LogP contribution in [0.15, 0.2) is 42.5 Å². The Bertz CT molecular complexity index is 673. The number of carbonyl (C=O) groups excluding carboxylic acids is 1. The Morgan fingerprint density at radius 3 is 2.59 bits per heavy atom. The summed E-state index contributed by atoms with van der Waals surface area (Å²) in [6.45, 7) is 4.27. The number of hydrogen-bond acceptors (Lipinski definition) is 1. The average molecular weight is 338 g/mol. The summed E-state index contributed by atoms with van der Waals surface area (Å²) in [7, 11) is 0. The lowest BCUT2D eigenvalue weighted by atomic mass is 10.1. The second-order valence-corrected chi connectivity index (χ2v) is 6.08. The molecule has 0 fully saturated rings. The molecule has 3 N–H and O–H groups in total. The van der Waals surface area contributed by atoms with E-state index in [-0.39, 0.29) is 11.9 Å². The van der Waals surface area contributed by atoms with Crippen LogP contribution in [-0.2, 0) is 4.79 Å². The van der Waals surface area contributed by atoms with Gasteiger partial charge in [-0.15, -0.1) is 0 Å². The van der Waals surface area contributed by atoms with Gasteiger partial charge in [-0.1, -0.05) is 47.5 Å². The monoisotopic (exact) mass is 337 g/mol. The van der Waals surface area contributed by atoms with Gasteiger partial charge in [-0.3, -0.25) is 4.79 Å². The minimum absolute atomic E-state index is 0.0705. The van der Waals surface area contributed by atoms with Crippen LogP contribution >= 0.6 is 23.2 Å². The zero-order valence-corrected chi connectivity index (χ0v) is 14.1. The van der Waals surface area contributed by atoms with E-state index in [9.17, 15) is 4.79 Å². The van der Waals surface area contributed by atoms with Crippen LogP contribution in [0.1, 0.15) is 24.1 Å². The van der Waals surface area contributed by atoms with Crippen molar-refractivity contribution in [1.82, 2.24) is 0 Å². The van der Waals surface area contributed by atoms with Crippen LogP contribution < -0.4 is 10.6 Å². The van der Waals surface area contributed by atoms with Crippen molar-refractivity contribution < 1.29 is 10.1 Å². The molecule has 0 saturated heterocycles. The molecule has 116 valence electrons. The van der Waals surface area contributed by atoms with Crippen molar-refractivity contribution in [3.05, 3.63) is 63.6 Å². The Labute approximate surface area is 140 Å².